The molecule has 0 radical (unpaired) electrons. The number of hydrogen-bond donors (Lipinski definition) is 2. The molecule has 5 nitrogen and oxygen atoms in total. The minimum Gasteiger partial charge on any atom is -0.492 e. The van der Waals surface area contributed by atoms with E-state index in [1.54, 1.807) is 13.8 Å². The number of nitrogens with one attached hydrogen (secondary N) is 2. The molecule has 1 atom stereocenters. The van der Waals surface area contributed by atoms with Gasteiger partial charge in [0.1, 0.15) is 5.75 Å². The molecule has 0 saturated heterocycles. The van der Waals surface area contributed by atoms with Gasteiger partial charge in [-0.3, -0.25) is 0 Å². The number of hydrogen-bond acceptors (Lipinski definition) is 3. The number of amides is 2. The Morgan fingerprint density at radius 1 is 1.36 bits per heavy atom. The summed E-state index contributed by atoms with van der Waals surface area (Å²) in [5, 5.41) is 4.91. The second kappa shape index (κ2) is 7.88. The molecule has 1 unspecified atom stereocenters. The van der Waals surface area contributed by atoms with E-state index >= 15 is 0 Å². The van der Waals surface area contributed by atoms with E-state index in [1.165, 1.54) is 13.2 Å². The Hall–Kier alpha value is -1.96. The first-order valence-electron chi connectivity index (χ1n) is 6.68. The fourth-order valence-corrected chi connectivity index (χ4v) is 1.76. The van der Waals surface area contributed by atoms with Crippen molar-refractivity contribution in [2.24, 2.45) is 0 Å². The third kappa shape index (κ3) is 5.44. The molecule has 0 saturated carbocycles. The van der Waals surface area contributed by atoms with Crippen molar-refractivity contribution in [3.63, 3.8) is 0 Å². The summed E-state index contributed by atoms with van der Waals surface area (Å²) in [4.78, 5) is 11.8. The molecule has 0 aromatic heterocycles. The number of urea groups is 1. The lowest BCUT2D eigenvalue weighted by Gasteiger charge is -2.17. The van der Waals surface area contributed by atoms with Gasteiger partial charge in [-0.1, -0.05) is 0 Å². The van der Waals surface area contributed by atoms with Crippen LogP contribution in [0.1, 0.15) is 19.4 Å². The Bertz CT molecular complexity index is 507. The number of ether oxygens (including phenoxy) is 2. The van der Waals surface area contributed by atoms with Crippen molar-refractivity contribution in [1.82, 2.24) is 5.32 Å². The van der Waals surface area contributed by atoms with E-state index in [4.69, 9.17) is 9.47 Å². The highest BCUT2D eigenvalue weighted by Gasteiger charge is 2.31. The van der Waals surface area contributed by atoms with Crippen molar-refractivity contribution in [1.29, 1.82) is 0 Å². The summed E-state index contributed by atoms with van der Waals surface area (Å²) < 4.78 is 48.3. The molecule has 0 heterocycles. The predicted molar refractivity (Wildman–Crippen MR) is 76.1 cm³/mol. The quantitative estimate of drug-likeness (QED) is 0.846. The van der Waals surface area contributed by atoms with E-state index in [-0.39, 0.29) is 30.7 Å². The molecule has 2 N–H and O–H groups in total. The van der Waals surface area contributed by atoms with Gasteiger partial charge in [-0.2, -0.15) is 13.2 Å². The fraction of sp³-hybridized carbons (Fsp3) is 0.500. The molecular formula is C14H19F3N2O3. The first kappa shape index (κ1) is 18.1. The van der Waals surface area contributed by atoms with Crippen molar-refractivity contribution in [3.8, 4) is 5.75 Å². The molecular weight excluding hydrogens is 301 g/mol. The first-order chi connectivity index (χ1) is 10.3. The molecule has 1 aromatic rings. The van der Waals surface area contributed by atoms with E-state index in [0.29, 0.717) is 0 Å². The van der Waals surface area contributed by atoms with Crippen LogP contribution in [0.2, 0.25) is 0 Å². The van der Waals surface area contributed by atoms with Gasteiger partial charge in [-0.25, -0.2) is 4.79 Å². The van der Waals surface area contributed by atoms with Crippen molar-refractivity contribution < 1.29 is 27.4 Å². The fourth-order valence-electron chi connectivity index (χ4n) is 1.76. The zero-order valence-corrected chi connectivity index (χ0v) is 12.6. The average molecular weight is 320 g/mol. The maximum Gasteiger partial charge on any atom is 0.416 e. The van der Waals surface area contributed by atoms with Gasteiger partial charge in [0.05, 0.1) is 30.5 Å². The number of halogens is 3. The summed E-state index contributed by atoms with van der Waals surface area (Å²) in [6.45, 7) is 3.96. The summed E-state index contributed by atoms with van der Waals surface area (Å²) in [5.41, 5.74) is -0.907. The molecule has 1 rings (SSSR count). The molecule has 1 aromatic carbocycles. The zero-order chi connectivity index (χ0) is 16.8. The zero-order valence-electron chi connectivity index (χ0n) is 12.6. The summed E-state index contributed by atoms with van der Waals surface area (Å²) in [7, 11) is 1.48. The lowest BCUT2D eigenvalue weighted by molar-refractivity contribution is -0.137. The van der Waals surface area contributed by atoms with Gasteiger partial charge >= 0.3 is 12.2 Å². The number of carbonyl (C=O) groups is 1. The minimum absolute atomic E-state index is 0.0428. The van der Waals surface area contributed by atoms with Crippen molar-refractivity contribution in [3.05, 3.63) is 23.8 Å². The van der Waals surface area contributed by atoms with Gasteiger partial charge in [0.15, 0.2) is 0 Å². The van der Waals surface area contributed by atoms with Crippen LogP contribution in [0, 0.1) is 0 Å². The van der Waals surface area contributed by atoms with E-state index in [1.807, 2.05) is 0 Å². The Kier molecular flexibility index (Phi) is 6.48. The van der Waals surface area contributed by atoms with Crippen LogP contribution in [-0.2, 0) is 10.9 Å². The van der Waals surface area contributed by atoms with Crippen LogP contribution in [0.5, 0.6) is 5.75 Å². The van der Waals surface area contributed by atoms with E-state index in [9.17, 15) is 18.0 Å². The Morgan fingerprint density at radius 3 is 2.59 bits per heavy atom. The van der Waals surface area contributed by atoms with Crippen LogP contribution in [0.25, 0.3) is 0 Å². The Balaban J connectivity index is 2.92. The number of alkyl halides is 3. The lowest BCUT2D eigenvalue weighted by atomic mass is 10.2. The predicted octanol–water partition coefficient (Wildman–Crippen LogP) is 3.26. The molecule has 22 heavy (non-hydrogen) atoms. The SMILES string of the molecule is CCOc1ccc(C(F)(F)F)cc1NC(=O)NC(C)COC. The molecule has 124 valence electrons. The van der Waals surface area contributed by atoms with E-state index in [2.05, 4.69) is 10.6 Å². The third-order valence-corrected chi connectivity index (χ3v) is 2.65. The molecule has 0 spiro atoms. The van der Waals surface area contributed by atoms with Crippen LogP contribution in [0.4, 0.5) is 23.7 Å². The standard InChI is InChI=1S/C14H19F3N2O3/c1-4-22-12-6-5-10(14(15,16)17)7-11(12)19-13(20)18-9(2)8-21-3/h5-7,9H,4,8H2,1-3H3,(H2,18,19,20). The molecule has 2 amide bonds. The number of benzene rings is 1. The van der Waals surface area contributed by atoms with Crippen LogP contribution in [0.15, 0.2) is 18.2 Å². The van der Waals surface area contributed by atoms with Crippen molar-refractivity contribution in [2.75, 3.05) is 25.6 Å². The molecule has 0 bridgehead atoms. The Labute approximate surface area is 126 Å². The van der Waals surface area contributed by atoms with Crippen molar-refractivity contribution in [2.45, 2.75) is 26.1 Å². The van der Waals surface area contributed by atoms with E-state index in [0.717, 1.165) is 12.1 Å². The monoisotopic (exact) mass is 320 g/mol. The lowest BCUT2D eigenvalue weighted by Crippen LogP contribution is -2.38. The summed E-state index contributed by atoms with van der Waals surface area (Å²) in [5.74, 6) is 0.171. The summed E-state index contributed by atoms with van der Waals surface area (Å²) in [6, 6.07) is 2.00. The molecule has 8 heteroatoms. The van der Waals surface area contributed by atoms with Gasteiger partial charge in [-0.15, -0.1) is 0 Å². The van der Waals surface area contributed by atoms with Gasteiger partial charge in [0.25, 0.3) is 0 Å². The van der Waals surface area contributed by atoms with Crippen LogP contribution in [0.3, 0.4) is 0 Å². The smallest absolute Gasteiger partial charge is 0.416 e. The second-order valence-electron chi connectivity index (χ2n) is 4.60. The molecule has 0 aliphatic carbocycles. The van der Waals surface area contributed by atoms with Gasteiger partial charge in [0, 0.05) is 7.11 Å². The second-order valence-corrected chi connectivity index (χ2v) is 4.60. The highest BCUT2D eigenvalue weighted by Crippen LogP contribution is 2.35. The molecule has 0 aliphatic heterocycles. The highest BCUT2D eigenvalue weighted by atomic mass is 19.4. The normalized spacial score (nSPS) is 12.6. The number of carbonyl (C=O) groups excluding carboxylic acids is 1. The average Bonchev–Trinajstić information content (AvgIpc) is 2.39. The van der Waals surface area contributed by atoms with Gasteiger partial charge in [-0.05, 0) is 32.0 Å². The van der Waals surface area contributed by atoms with E-state index < -0.39 is 17.8 Å². The maximum atomic E-state index is 12.7. The number of anilines is 1. The largest absolute Gasteiger partial charge is 0.492 e. The summed E-state index contributed by atoms with van der Waals surface area (Å²) >= 11 is 0. The molecule has 0 fully saturated rings. The minimum atomic E-state index is -4.50. The van der Waals surface area contributed by atoms with Crippen molar-refractivity contribution >= 4 is 11.7 Å². The van der Waals surface area contributed by atoms with Crippen LogP contribution in [-0.4, -0.2) is 32.4 Å². The van der Waals surface area contributed by atoms with Crippen LogP contribution < -0.4 is 15.4 Å². The van der Waals surface area contributed by atoms with Gasteiger partial charge < -0.3 is 20.1 Å². The first-order valence-corrected chi connectivity index (χ1v) is 6.68. The molecule has 0 aliphatic rings. The third-order valence-electron chi connectivity index (χ3n) is 2.65. The Morgan fingerprint density at radius 2 is 2.05 bits per heavy atom. The van der Waals surface area contributed by atoms with Gasteiger partial charge in [0.2, 0.25) is 0 Å². The highest BCUT2D eigenvalue weighted by molar-refractivity contribution is 5.91. The number of rotatable bonds is 6. The summed E-state index contributed by atoms with van der Waals surface area (Å²) in [6.07, 6.45) is -4.50. The van der Waals surface area contributed by atoms with Crippen LogP contribution >= 0.6 is 0 Å². The maximum absolute atomic E-state index is 12.7. The number of methoxy groups -OCH3 is 1. The topological polar surface area (TPSA) is 59.6 Å².